The summed E-state index contributed by atoms with van der Waals surface area (Å²) >= 11 is 0. The Morgan fingerprint density at radius 1 is 0.455 bits per heavy atom. The summed E-state index contributed by atoms with van der Waals surface area (Å²) in [5, 5.41) is 4.19. The van der Waals surface area contributed by atoms with Crippen molar-refractivity contribution in [3.8, 4) is 0 Å². The average Bonchev–Trinajstić information content (AvgIpc) is 3.88. The van der Waals surface area contributed by atoms with Crippen molar-refractivity contribution in [2.75, 3.05) is 0 Å². The minimum Gasteiger partial charge on any atom is -0.658 e. The second-order valence-electron chi connectivity index (χ2n) is 14.1. The van der Waals surface area contributed by atoms with Crippen LogP contribution in [-0.4, -0.2) is 4.98 Å². The number of aromatic nitrogens is 4. The first-order valence-electron chi connectivity index (χ1n) is 19.4. The predicted octanol–water partition coefficient (Wildman–Crippen LogP) is 10.8. The molecule has 0 saturated heterocycles. The van der Waals surface area contributed by atoms with Gasteiger partial charge in [0.15, 0.2) is 0 Å². The molecule has 8 rings (SSSR count). The maximum Gasteiger partial charge on any atom is 3.00 e. The largest absolute Gasteiger partial charge is 3.00 e. The van der Waals surface area contributed by atoms with E-state index in [9.17, 15) is 0 Å². The molecule has 0 radical (unpaired) electrons. The van der Waals surface area contributed by atoms with Gasteiger partial charge in [0.05, 0.1) is 11.4 Å². The van der Waals surface area contributed by atoms with E-state index in [1.54, 1.807) is 0 Å². The molecule has 0 unspecified atom stereocenters. The van der Waals surface area contributed by atoms with E-state index in [0.717, 1.165) is 70.2 Å². The number of hydrogen-bond donors (Lipinski definition) is 0. The fourth-order valence-electron chi connectivity index (χ4n) is 7.98. The number of nitrogens with zero attached hydrogens (tertiary/aromatic N) is 4. The minimum absolute atomic E-state index is 0. The zero-order valence-electron chi connectivity index (χ0n) is 33.3. The van der Waals surface area contributed by atoms with Crippen molar-refractivity contribution >= 4 is 68.1 Å². The van der Waals surface area contributed by atoms with Crippen molar-refractivity contribution < 1.29 is 16.8 Å². The Hall–Kier alpha value is -4.67. The third-order valence-corrected chi connectivity index (χ3v) is 13.4. The minimum atomic E-state index is -0.446. The molecule has 6 heteroatoms. The predicted molar refractivity (Wildman–Crippen MR) is 233 cm³/mol. The van der Waals surface area contributed by atoms with Crippen LogP contribution in [0.25, 0.3) is 44.2 Å². The molecule has 4 aromatic heterocycles. The number of aryl methyl sites for hydroxylation is 6. The Bertz CT molecular complexity index is 2480. The van der Waals surface area contributed by atoms with E-state index in [1.165, 1.54) is 60.4 Å². The number of fused-ring (bicyclic) bond motifs is 9. The summed E-state index contributed by atoms with van der Waals surface area (Å²) in [5.41, 5.74) is 18.2. The summed E-state index contributed by atoms with van der Waals surface area (Å²) in [6.07, 6.45) is 3.73. The quantitative estimate of drug-likeness (QED) is 0.151. The molecule has 55 heavy (non-hydrogen) atoms. The summed E-state index contributed by atoms with van der Waals surface area (Å²) in [4.78, 5) is 20.6. The molecule has 8 bridgehead atoms. The number of allylic oxidation sites excluding steroid dienone is 2. The van der Waals surface area contributed by atoms with Crippen LogP contribution in [0.2, 0.25) is 0 Å². The Labute approximate surface area is 338 Å². The van der Waals surface area contributed by atoms with Crippen LogP contribution in [0.3, 0.4) is 0 Å². The van der Waals surface area contributed by atoms with Gasteiger partial charge in [-0.2, -0.15) is 0 Å². The van der Waals surface area contributed by atoms with E-state index < -0.39 is 7.92 Å². The zero-order chi connectivity index (χ0) is 37.9. The monoisotopic (exact) mass is 784 g/mol. The van der Waals surface area contributed by atoms with Crippen molar-refractivity contribution in [2.24, 2.45) is 0 Å². The zero-order valence-corrected chi connectivity index (χ0v) is 35.2. The Balaban J connectivity index is 0.000000217. The van der Waals surface area contributed by atoms with Gasteiger partial charge in [-0.1, -0.05) is 170 Å². The van der Waals surface area contributed by atoms with Crippen molar-refractivity contribution in [3.05, 3.63) is 154 Å². The van der Waals surface area contributed by atoms with Gasteiger partial charge in [0, 0.05) is 0 Å². The van der Waals surface area contributed by atoms with Gasteiger partial charge in [-0.05, 0) is 88.4 Å². The molecule has 5 heterocycles. The normalized spacial score (nSPS) is 11.9. The number of benzene rings is 3. The molecule has 0 aliphatic carbocycles. The molecule has 0 N–H and O–H groups in total. The fourth-order valence-corrected chi connectivity index (χ4v) is 10.3. The second kappa shape index (κ2) is 17.4. The van der Waals surface area contributed by atoms with Gasteiger partial charge in [-0.3, -0.25) is 0 Å². The van der Waals surface area contributed by atoms with Crippen LogP contribution >= 0.6 is 7.92 Å². The van der Waals surface area contributed by atoms with Crippen LogP contribution in [0.1, 0.15) is 85.8 Å². The van der Waals surface area contributed by atoms with Crippen LogP contribution < -0.4 is 30.9 Å². The van der Waals surface area contributed by atoms with Gasteiger partial charge in [0.1, 0.15) is 0 Å². The molecule has 0 atom stereocenters. The Morgan fingerprint density at radius 3 is 1.29 bits per heavy atom. The van der Waals surface area contributed by atoms with Crippen molar-refractivity contribution in [1.29, 1.82) is 0 Å². The molecular formula is C49H50CoN4P. The van der Waals surface area contributed by atoms with E-state index >= 15 is 0 Å². The standard InChI is InChI=1S/C31H35N4.C18H15P.Co/c1-9-20-16(5)24-13-26-18(7)22(11-3)30(34-26)31-23(12-4)19(8)27(35-31)14-25-17(6)21(10-2)29(33-25)15-28(20)32-24;1-4-10-16(11-5-1)19(17-12-6-2-7-13-17)18-14-8-3-9-15-18;/h13-15H,9-12H2,1-8H3;1-15H;/q-3;;+3. The first-order chi connectivity index (χ1) is 26.3. The topological polar surface area (TPSA) is 55.2 Å². The average molecular weight is 785 g/mol. The maximum absolute atomic E-state index is 5.18. The SMILES string of the molecule is CCC1=C(C)c2cc3[n-]c(c(CC)c3C)c3[n-]c(cc4[n-]c(cc1n2)c(CC)c4C)c(C)c3CC.[Co+3].c1ccc(P(c2ccccc2)c2ccccc2)cc1. The molecule has 280 valence electrons. The van der Waals surface area contributed by atoms with Crippen LogP contribution in [0.5, 0.6) is 0 Å². The van der Waals surface area contributed by atoms with Gasteiger partial charge < -0.3 is 15.0 Å². The molecule has 4 nitrogen and oxygen atoms in total. The van der Waals surface area contributed by atoms with E-state index in [4.69, 9.17) is 19.9 Å². The van der Waals surface area contributed by atoms with Crippen LogP contribution in [-0.2, 0) is 36.0 Å². The Morgan fingerprint density at radius 2 is 0.855 bits per heavy atom. The van der Waals surface area contributed by atoms with E-state index in [2.05, 4.69) is 165 Å². The van der Waals surface area contributed by atoms with Crippen LogP contribution in [0.15, 0.2) is 109 Å². The molecule has 1 aliphatic heterocycles. The second-order valence-corrected chi connectivity index (χ2v) is 16.3. The van der Waals surface area contributed by atoms with Gasteiger partial charge in [0.2, 0.25) is 0 Å². The summed E-state index contributed by atoms with van der Waals surface area (Å²) in [5.74, 6) is 0. The van der Waals surface area contributed by atoms with Crippen molar-refractivity contribution in [1.82, 2.24) is 19.9 Å². The first-order valence-corrected chi connectivity index (χ1v) is 20.8. The van der Waals surface area contributed by atoms with Gasteiger partial charge in [0.25, 0.3) is 0 Å². The third kappa shape index (κ3) is 7.76. The summed E-state index contributed by atoms with van der Waals surface area (Å²) in [6.45, 7) is 17.6. The molecular weight excluding hydrogens is 734 g/mol. The van der Waals surface area contributed by atoms with Gasteiger partial charge in [-0.15, -0.1) is 33.1 Å². The maximum atomic E-state index is 5.18. The summed E-state index contributed by atoms with van der Waals surface area (Å²) in [6, 6.07) is 38.9. The molecule has 7 aromatic rings. The van der Waals surface area contributed by atoms with Crippen molar-refractivity contribution in [2.45, 2.75) is 81.1 Å². The van der Waals surface area contributed by atoms with Crippen molar-refractivity contribution in [3.63, 3.8) is 0 Å². The molecule has 0 fully saturated rings. The van der Waals surface area contributed by atoms with Crippen LogP contribution in [0, 0.1) is 20.8 Å². The molecule has 3 aromatic carbocycles. The number of rotatable bonds is 7. The molecule has 0 saturated carbocycles. The van der Waals surface area contributed by atoms with Crippen LogP contribution in [0.4, 0.5) is 0 Å². The van der Waals surface area contributed by atoms with Gasteiger partial charge in [-0.25, -0.2) is 4.98 Å². The van der Waals surface area contributed by atoms with E-state index in [1.807, 2.05) is 0 Å². The smallest absolute Gasteiger partial charge is 0.658 e. The Kier molecular flexibility index (Phi) is 12.7. The molecule has 0 amide bonds. The fraction of sp³-hybridized carbons (Fsp3) is 0.245. The third-order valence-electron chi connectivity index (χ3n) is 11.0. The molecule has 0 spiro atoms. The van der Waals surface area contributed by atoms with E-state index in [0.29, 0.717) is 0 Å². The first kappa shape index (κ1) is 40.0. The molecule has 1 aliphatic rings. The summed E-state index contributed by atoms with van der Waals surface area (Å²) < 4.78 is 0. The van der Waals surface area contributed by atoms with Gasteiger partial charge >= 0.3 is 16.8 Å². The van der Waals surface area contributed by atoms with E-state index in [-0.39, 0.29) is 16.8 Å². The number of hydrogen-bond acceptors (Lipinski definition) is 1. The summed E-state index contributed by atoms with van der Waals surface area (Å²) in [7, 11) is -0.446.